The SMILES string of the molecule is C[C@@H]1NC(=O)C2C(C(=O)O)CCN2C1=O. The van der Waals surface area contributed by atoms with Gasteiger partial charge in [0.25, 0.3) is 0 Å². The van der Waals surface area contributed by atoms with Gasteiger partial charge in [0.1, 0.15) is 12.1 Å². The lowest BCUT2D eigenvalue weighted by atomic mass is 9.98. The Hall–Kier alpha value is -1.59. The predicted octanol–water partition coefficient (Wildman–Crippen LogP) is -1.19. The van der Waals surface area contributed by atoms with Gasteiger partial charge in [-0.05, 0) is 13.3 Å². The summed E-state index contributed by atoms with van der Waals surface area (Å²) in [5.41, 5.74) is 0. The van der Waals surface area contributed by atoms with Crippen molar-refractivity contribution in [3.8, 4) is 0 Å². The van der Waals surface area contributed by atoms with Crippen molar-refractivity contribution in [1.82, 2.24) is 10.2 Å². The molecule has 2 amide bonds. The summed E-state index contributed by atoms with van der Waals surface area (Å²) in [7, 11) is 0. The summed E-state index contributed by atoms with van der Waals surface area (Å²) in [6, 6.07) is -1.35. The summed E-state index contributed by atoms with van der Waals surface area (Å²) in [4.78, 5) is 35.5. The molecular weight excluding hydrogens is 200 g/mol. The lowest BCUT2D eigenvalue weighted by Crippen LogP contribution is -2.62. The maximum atomic E-state index is 11.6. The molecule has 0 radical (unpaired) electrons. The fraction of sp³-hybridized carbons (Fsp3) is 0.667. The van der Waals surface area contributed by atoms with Crippen molar-refractivity contribution in [2.75, 3.05) is 6.54 Å². The molecule has 6 nitrogen and oxygen atoms in total. The highest BCUT2D eigenvalue weighted by molar-refractivity contribution is 5.99. The molecule has 0 aromatic rings. The molecule has 0 spiro atoms. The van der Waals surface area contributed by atoms with Gasteiger partial charge in [0.15, 0.2) is 0 Å². The van der Waals surface area contributed by atoms with E-state index in [0.29, 0.717) is 13.0 Å². The number of nitrogens with zero attached hydrogens (tertiary/aromatic N) is 1. The maximum absolute atomic E-state index is 11.6. The highest BCUT2D eigenvalue weighted by Gasteiger charge is 2.49. The van der Waals surface area contributed by atoms with Crippen LogP contribution in [0.5, 0.6) is 0 Å². The Morgan fingerprint density at radius 2 is 2.20 bits per heavy atom. The number of rotatable bonds is 1. The zero-order valence-corrected chi connectivity index (χ0v) is 8.27. The first-order valence-corrected chi connectivity index (χ1v) is 4.86. The Morgan fingerprint density at radius 3 is 2.80 bits per heavy atom. The fourth-order valence-electron chi connectivity index (χ4n) is 2.23. The van der Waals surface area contributed by atoms with Crippen LogP contribution in [0.3, 0.4) is 0 Å². The monoisotopic (exact) mass is 212 g/mol. The minimum atomic E-state index is -1.01. The lowest BCUT2D eigenvalue weighted by molar-refractivity contribution is -0.152. The molecule has 0 aliphatic carbocycles. The summed E-state index contributed by atoms with van der Waals surface area (Å²) in [6.07, 6.45) is 0.353. The number of fused-ring (bicyclic) bond motifs is 1. The second-order valence-corrected chi connectivity index (χ2v) is 3.94. The van der Waals surface area contributed by atoms with E-state index in [4.69, 9.17) is 5.11 Å². The number of carboxylic acids is 1. The second-order valence-electron chi connectivity index (χ2n) is 3.94. The molecule has 2 unspecified atom stereocenters. The molecule has 2 aliphatic heterocycles. The van der Waals surface area contributed by atoms with Crippen molar-refractivity contribution < 1.29 is 19.5 Å². The Morgan fingerprint density at radius 1 is 1.53 bits per heavy atom. The smallest absolute Gasteiger partial charge is 0.309 e. The van der Waals surface area contributed by atoms with Crippen molar-refractivity contribution in [3.05, 3.63) is 0 Å². The molecule has 15 heavy (non-hydrogen) atoms. The normalized spacial score (nSPS) is 35.0. The summed E-state index contributed by atoms with van der Waals surface area (Å²) in [5, 5.41) is 11.4. The molecule has 6 heteroatoms. The first-order valence-electron chi connectivity index (χ1n) is 4.86. The standard InChI is InChI=1S/C9H12N2O4/c1-4-8(13)11-3-2-5(9(14)15)6(11)7(12)10-4/h4-6H,2-3H2,1H3,(H,10,12)(H,14,15)/t4-,5?,6?/m0/s1. The van der Waals surface area contributed by atoms with Gasteiger partial charge < -0.3 is 15.3 Å². The van der Waals surface area contributed by atoms with Gasteiger partial charge in [0, 0.05) is 6.54 Å². The van der Waals surface area contributed by atoms with Crippen LogP contribution in [0.2, 0.25) is 0 Å². The third kappa shape index (κ3) is 1.36. The van der Waals surface area contributed by atoms with E-state index >= 15 is 0 Å². The van der Waals surface area contributed by atoms with Crippen LogP contribution >= 0.6 is 0 Å². The number of nitrogens with one attached hydrogen (secondary N) is 1. The van der Waals surface area contributed by atoms with Gasteiger partial charge in [-0.1, -0.05) is 0 Å². The first-order chi connectivity index (χ1) is 7.02. The molecular formula is C9H12N2O4. The Bertz CT molecular complexity index is 341. The quantitative estimate of drug-likeness (QED) is 0.572. The number of carboxylic acid groups (broad SMARTS) is 1. The van der Waals surface area contributed by atoms with E-state index in [2.05, 4.69) is 5.32 Å². The average Bonchev–Trinajstić information content (AvgIpc) is 2.58. The van der Waals surface area contributed by atoms with Crippen molar-refractivity contribution in [2.24, 2.45) is 5.92 Å². The minimum absolute atomic E-state index is 0.191. The topological polar surface area (TPSA) is 86.7 Å². The summed E-state index contributed by atoms with van der Waals surface area (Å²) in [5.74, 6) is -2.32. The van der Waals surface area contributed by atoms with Crippen LogP contribution in [-0.4, -0.2) is 46.4 Å². The number of aliphatic carboxylic acids is 1. The summed E-state index contributed by atoms with van der Waals surface area (Å²) < 4.78 is 0. The number of amides is 2. The zero-order chi connectivity index (χ0) is 11.2. The zero-order valence-electron chi connectivity index (χ0n) is 8.27. The largest absolute Gasteiger partial charge is 0.481 e. The van der Waals surface area contributed by atoms with Crippen molar-refractivity contribution in [1.29, 1.82) is 0 Å². The molecule has 82 valence electrons. The van der Waals surface area contributed by atoms with Crippen LogP contribution in [0.1, 0.15) is 13.3 Å². The van der Waals surface area contributed by atoms with Crippen molar-refractivity contribution >= 4 is 17.8 Å². The van der Waals surface area contributed by atoms with Crippen molar-refractivity contribution in [2.45, 2.75) is 25.4 Å². The third-order valence-electron chi connectivity index (χ3n) is 3.00. The molecule has 2 aliphatic rings. The van der Waals surface area contributed by atoms with Gasteiger partial charge >= 0.3 is 5.97 Å². The Kier molecular flexibility index (Phi) is 2.13. The molecule has 2 N–H and O–H groups in total. The number of hydrogen-bond donors (Lipinski definition) is 2. The third-order valence-corrected chi connectivity index (χ3v) is 3.00. The van der Waals surface area contributed by atoms with Crippen LogP contribution in [0.15, 0.2) is 0 Å². The second kappa shape index (κ2) is 3.22. The highest BCUT2D eigenvalue weighted by Crippen LogP contribution is 2.27. The number of carbonyl (C=O) groups excluding carboxylic acids is 2. The summed E-state index contributed by atoms with van der Waals surface area (Å²) in [6.45, 7) is 1.96. The molecule has 3 atom stereocenters. The Labute approximate surface area is 86.2 Å². The van der Waals surface area contributed by atoms with Crippen LogP contribution in [0, 0.1) is 5.92 Å². The molecule has 2 rings (SSSR count). The van der Waals surface area contributed by atoms with E-state index in [-0.39, 0.29) is 11.8 Å². The molecule has 2 heterocycles. The number of carbonyl (C=O) groups is 3. The molecule has 2 fully saturated rings. The molecule has 0 saturated carbocycles. The van der Waals surface area contributed by atoms with Gasteiger partial charge in [-0.2, -0.15) is 0 Å². The van der Waals surface area contributed by atoms with Gasteiger partial charge in [-0.15, -0.1) is 0 Å². The number of piperazine rings is 1. The van der Waals surface area contributed by atoms with Crippen molar-refractivity contribution in [3.63, 3.8) is 0 Å². The van der Waals surface area contributed by atoms with Gasteiger partial charge in [-0.25, -0.2) is 0 Å². The molecule has 2 saturated heterocycles. The highest BCUT2D eigenvalue weighted by atomic mass is 16.4. The van der Waals surface area contributed by atoms with Crippen LogP contribution < -0.4 is 5.32 Å². The molecule has 0 bridgehead atoms. The molecule has 0 aromatic carbocycles. The predicted molar refractivity (Wildman–Crippen MR) is 48.8 cm³/mol. The fourth-order valence-corrected chi connectivity index (χ4v) is 2.23. The van der Waals surface area contributed by atoms with E-state index in [1.807, 2.05) is 0 Å². The maximum Gasteiger partial charge on any atom is 0.309 e. The van der Waals surface area contributed by atoms with Crippen LogP contribution in [0.25, 0.3) is 0 Å². The van der Waals surface area contributed by atoms with E-state index in [1.165, 1.54) is 4.90 Å². The minimum Gasteiger partial charge on any atom is -0.481 e. The van der Waals surface area contributed by atoms with Gasteiger partial charge in [-0.3, -0.25) is 14.4 Å². The van der Waals surface area contributed by atoms with E-state index < -0.39 is 24.0 Å². The summed E-state index contributed by atoms with van der Waals surface area (Å²) >= 11 is 0. The van der Waals surface area contributed by atoms with Gasteiger partial charge in [0.2, 0.25) is 11.8 Å². The van der Waals surface area contributed by atoms with Gasteiger partial charge in [0.05, 0.1) is 5.92 Å². The average molecular weight is 212 g/mol. The lowest BCUT2D eigenvalue weighted by Gasteiger charge is -2.34. The van der Waals surface area contributed by atoms with Crippen LogP contribution in [0.4, 0.5) is 0 Å². The Balaban J connectivity index is 2.28. The molecule has 0 aromatic heterocycles. The first kappa shape index (κ1) is 9.95. The number of hydrogen-bond acceptors (Lipinski definition) is 3. The van der Waals surface area contributed by atoms with Crippen LogP contribution in [-0.2, 0) is 14.4 Å². The van der Waals surface area contributed by atoms with E-state index in [9.17, 15) is 14.4 Å². The van der Waals surface area contributed by atoms with E-state index in [1.54, 1.807) is 6.92 Å². The van der Waals surface area contributed by atoms with E-state index in [0.717, 1.165) is 0 Å².